The van der Waals surface area contributed by atoms with Crippen molar-refractivity contribution in [2.24, 2.45) is 0 Å². The van der Waals surface area contributed by atoms with Crippen molar-refractivity contribution in [1.82, 2.24) is 19.2 Å². The molecule has 0 radical (unpaired) electrons. The van der Waals surface area contributed by atoms with Crippen LogP contribution in [-0.2, 0) is 24.3 Å². The number of rotatable bonds is 3. The number of halogens is 2. The van der Waals surface area contributed by atoms with Gasteiger partial charge in [0.15, 0.2) is 5.69 Å². The van der Waals surface area contributed by atoms with Gasteiger partial charge in [0.1, 0.15) is 11.2 Å². The molecule has 0 bridgehead atoms. The number of fused-ring (bicyclic) bond motifs is 1. The molecule has 0 unspecified atom stereocenters. The topological polar surface area (TPSA) is 63.4 Å². The van der Waals surface area contributed by atoms with Gasteiger partial charge in [-0.25, -0.2) is 4.68 Å². The van der Waals surface area contributed by atoms with Crippen LogP contribution in [-0.4, -0.2) is 50.7 Å². The minimum Gasteiger partial charge on any atom is -0.343 e. The van der Waals surface area contributed by atoms with E-state index in [1.165, 1.54) is 0 Å². The second-order valence-corrected chi connectivity index (χ2v) is 9.55. The van der Waals surface area contributed by atoms with Gasteiger partial charge < -0.3 is 14.4 Å². The van der Waals surface area contributed by atoms with Crippen LogP contribution in [0.1, 0.15) is 21.6 Å². The molecular formula is C25H21Cl2N5O2. The third-order valence-corrected chi connectivity index (χ3v) is 7.39. The standard InChI is InChI=1S/C25H21Cl2N5O2/c1-29-19-12-17(26)11-16-7-9-30(22(16)19)14-20(24(29)33)31-10-8-18-21(25(31)34)28-32(23(18)27)13-15-5-3-2-4-6-15/h2-7,9,11-12,20H,8,10,13-14H2,1H3/t20-/m0/s1. The number of hydrogen-bond donors (Lipinski definition) is 0. The molecule has 2 aliphatic rings. The van der Waals surface area contributed by atoms with E-state index in [9.17, 15) is 9.59 Å². The molecule has 172 valence electrons. The first-order valence-electron chi connectivity index (χ1n) is 11.1. The van der Waals surface area contributed by atoms with Crippen molar-refractivity contribution in [2.45, 2.75) is 25.6 Å². The first kappa shape index (κ1) is 21.3. The highest BCUT2D eigenvalue weighted by Gasteiger charge is 2.40. The van der Waals surface area contributed by atoms with E-state index in [4.69, 9.17) is 23.2 Å². The van der Waals surface area contributed by atoms with E-state index >= 15 is 0 Å². The number of aromatic nitrogens is 3. The Labute approximate surface area is 206 Å². The van der Waals surface area contributed by atoms with Gasteiger partial charge >= 0.3 is 0 Å². The van der Waals surface area contributed by atoms with Crippen LogP contribution in [0.3, 0.4) is 0 Å². The predicted molar refractivity (Wildman–Crippen MR) is 132 cm³/mol. The van der Waals surface area contributed by atoms with E-state index in [2.05, 4.69) is 5.10 Å². The Morgan fingerprint density at radius 3 is 2.68 bits per heavy atom. The van der Waals surface area contributed by atoms with Crippen molar-refractivity contribution in [3.8, 4) is 0 Å². The van der Waals surface area contributed by atoms with E-state index in [-0.39, 0.29) is 11.8 Å². The molecule has 7 nitrogen and oxygen atoms in total. The van der Waals surface area contributed by atoms with E-state index in [1.54, 1.807) is 27.6 Å². The van der Waals surface area contributed by atoms with Crippen LogP contribution in [0.5, 0.6) is 0 Å². The summed E-state index contributed by atoms with van der Waals surface area (Å²) in [6, 6.07) is 14.8. The molecule has 0 fully saturated rings. The monoisotopic (exact) mass is 493 g/mol. The third-order valence-electron chi connectivity index (χ3n) is 6.75. The maximum absolute atomic E-state index is 13.6. The highest BCUT2D eigenvalue weighted by atomic mass is 35.5. The molecule has 2 aromatic heterocycles. The van der Waals surface area contributed by atoms with Gasteiger partial charge in [-0.05, 0) is 30.2 Å². The number of carbonyl (C=O) groups excluding carboxylic acids is 2. The van der Waals surface area contributed by atoms with Gasteiger partial charge in [-0.15, -0.1) is 0 Å². The summed E-state index contributed by atoms with van der Waals surface area (Å²) in [7, 11) is 1.73. The van der Waals surface area contributed by atoms with Gasteiger partial charge in [-0.2, -0.15) is 5.10 Å². The lowest BCUT2D eigenvalue weighted by atomic mass is 10.0. The van der Waals surface area contributed by atoms with Crippen LogP contribution in [0.25, 0.3) is 10.9 Å². The van der Waals surface area contributed by atoms with Crippen LogP contribution in [0.2, 0.25) is 10.2 Å². The molecule has 0 N–H and O–H groups in total. The maximum atomic E-state index is 13.6. The number of anilines is 1. The summed E-state index contributed by atoms with van der Waals surface area (Å²) in [5, 5.41) is 6.57. The fourth-order valence-corrected chi connectivity index (χ4v) is 5.54. The normalized spacial score (nSPS) is 17.9. The largest absolute Gasteiger partial charge is 0.343 e. The highest BCUT2D eigenvalue weighted by Crippen LogP contribution is 2.35. The maximum Gasteiger partial charge on any atom is 0.275 e. The Hall–Kier alpha value is -3.29. The zero-order valence-corrected chi connectivity index (χ0v) is 19.9. The quantitative estimate of drug-likeness (QED) is 0.428. The smallest absolute Gasteiger partial charge is 0.275 e. The summed E-state index contributed by atoms with van der Waals surface area (Å²) in [6.07, 6.45) is 2.48. The SMILES string of the molecule is CN1C(=O)[C@@H](N2CCc3c(nn(Cc4ccccc4)c3Cl)C2=O)Cn2ccc3cc(Cl)cc1c32. The summed E-state index contributed by atoms with van der Waals surface area (Å²) in [6.45, 7) is 1.23. The third kappa shape index (κ3) is 3.22. The van der Waals surface area contributed by atoms with Crippen molar-refractivity contribution >= 4 is 51.6 Å². The van der Waals surface area contributed by atoms with E-state index in [0.29, 0.717) is 41.9 Å². The van der Waals surface area contributed by atoms with Gasteiger partial charge in [0, 0.05) is 35.8 Å². The summed E-state index contributed by atoms with van der Waals surface area (Å²) in [5.74, 6) is -0.423. The van der Waals surface area contributed by atoms with E-state index in [1.807, 2.05) is 53.2 Å². The number of benzene rings is 2. The zero-order chi connectivity index (χ0) is 23.6. The van der Waals surface area contributed by atoms with Crippen molar-refractivity contribution < 1.29 is 9.59 Å². The van der Waals surface area contributed by atoms with Crippen LogP contribution in [0, 0.1) is 0 Å². The number of hydrogen-bond acceptors (Lipinski definition) is 3. The van der Waals surface area contributed by atoms with E-state index < -0.39 is 6.04 Å². The fourth-order valence-electron chi connectivity index (χ4n) is 5.04. The Morgan fingerprint density at radius 2 is 1.88 bits per heavy atom. The molecule has 1 atom stereocenters. The van der Waals surface area contributed by atoms with Gasteiger partial charge in [0.25, 0.3) is 11.8 Å². The van der Waals surface area contributed by atoms with Gasteiger partial charge in [0.2, 0.25) is 0 Å². The molecule has 4 aromatic rings. The van der Waals surface area contributed by atoms with E-state index in [0.717, 1.165) is 27.7 Å². The van der Waals surface area contributed by atoms with Crippen LogP contribution >= 0.6 is 23.2 Å². The van der Waals surface area contributed by atoms with Crippen molar-refractivity contribution in [3.05, 3.63) is 81.7 Å². The van der Waals surface area contributed by atoms with Crippen molar-refractivity contribution in [2.75, 3.05) is 18.5 Å². The van der Waals surface area contributed by atoms with Crippen molar-refractivity contribution in [3.63, 3.8) is 0 Å². The molecule has 6 rings (SSSR count). The Morgan fingerprint density at radius 1 is 1.09 bits per heavy atom. The summed E-state index contributed by atoms with van der Waals surface area (Å²) < 4.78 is 3.69. The number of likely N-dealkylation sites (N-methyl/N-ethyl adjacent to an activating group) is 1. The lowest BCUT2D eigenvalue weighted by Crippen LogP contribution is -2.53. The molecule has 0 saturated heterocycles. The van der Waals surface area contributed by atoms with Crippen LogP contribution in [0.15, 0.2) is 54.7 Å². The number of nitrogens with zero attached hydrogens (tertiary/aromatic N) is 5. The number of amides is 2. The predicted octanol–water partition coefficient (Wildman–Crippen LogP) is 4.24. The molecule has 2 amide bonds. The van der Waals surface area contributed by atoms with Crippen LogP contribution in [0.4, 0.5) is 5.69 Å². The lowest BCUT2D eigenvalue weighted by molar-refractivity contribution is -0.123. The second-order valence-electron chi connectivity index (χ2n) is 8.75. The molecule has 0 aliphatic carbocycles. The first-order valence-corrected chi connectivity index (χ1v) is 11.8. The molecule has 0 spiro atoms. The number of carbonyl (C=O) groups is 2. The zero-order valence-electron chi connectivity index (χ0n) is 18.4. The summed E-state index contributed by atoms with van der Waals surface area (Å²) >= 11 is 12.9. The Balaban J connectivity index is 1.35. The minimum absolute atomic E-state index is 0.154. The van der Waals surface area contributed by atoms with Crippen molar-refractivity contribution in [1.29, 1.82) is 0 Å². The average molecular weight is 494 g/mol. The molecule has 0 saturated carbocycles. The molecule has 4 heterocycles. The minimum atomic E-state index is -0.662. The Kier molecular flexibility index (Phi) is 4.93. The summed E-state index contributed by atoms with van der Waals surface area (Å²) in [4.78, 5) is 30.4. The molecular weight excluding hydrogens is 473 g/mol. The van der Waals surface area contributed by atoms with Gasteiger partial charge in [-0.3, -0.25) is 9.59 Å². The highest BCUT2D eigenvalue weighted by molar-refractivity contribution is 6.32. The molecule has 2 aromatic carbocycles. The molecule has 2 aliphatic heterocycles. The fraction of sp³-hybridized carbons (Fsp3) is 0.240. The molecule has 34 heavy (non-hydrogen) atoms. The lowest BCUT2D eigenvalue weighted by Gasteiger charge is -2.34. The molecule has 9 heteroatoms. The van der Waals surface area contributed by atoms with Gasteiger partial charge in [-0.1, -0.05) is 53.5 Å². The van der Waals surface area contributed by atoms with Crippen LogP contribution < -0.4 is 4.90 Å². The Bertz CT molecular complexity index is 1460. The summed E-state index contributed by atoms with van der Waals surface area (Å²) in [5.41, 5.74) is 3.78. The van der Waals surface area contributed by atoms with Gasteiger partial charge in [0.05, 0.1) is 24.3 Å². The second kappa shape index (κ2) is 7.89. The first-order chi connectivity index (χ1) is 16.4. The average Bonchev–Trinajstić information content (AvgIpc) is 3.35.